The van der Waals surface area contributed by atoms with E-state index in [4.69, 9.17) is 10.5 Å². The maximum absolute atomic E-state index is 12.0. The molecule has 0 bridgehead atoms. The van der Waals surface area contributed by atoms with Crippen molar-refractivity contribution in [2.24, 2.45) is 0 Å². The van der Waals surface area contributed by atoms with Crippen LogP contribution in [0.15, 0.2) is 12.1 Å². The summed E-state index contributed by atoms with van der Waals surface area (Å²) in [6.07, 6.45) is -4.37. The van der Waals surface area contributed by atoms with Crippen LogP contribution in [-0.2, 0) is 11.2 Å². The van der Waals surface area contributed by atoms with Crippen LogP contribution >= 0.6 is 0 Å². The first-order valence-corrected chi connectivity index (χ1v) is 5.77. The van der Waals surface area contributed by atoms with Crippen LogP contribution in [0.3, 0.4) is 0 Å². The highest BCUT2D eigenvalue weighted by molar-refractivity contribution is 5.94. The smallest absolute Gasteiger partial charge is 0.392 e. The Hall–Kier alpha value is -1.92. The summed E-state index contributed by atoms with van der Waals surface area (Å²) in [6.45, 7) is -0.500. The second-order valence-electron chi connectivity index (χ2n) is 4.31. The van der Waals surface area contributed by atoms with Gasteiger partial charge >= 0.3 is 6.18 Å². The van der Waals surface area contributed by atoms with Gasteiger partial charge in [0.25, 0.3) is 0 Å². The quantitative estimate of drug-likeness (QED) is 0.832. The Labute approximate surface area is 107 Å². The number of carbonyl (C=O) groups is 1. The van der Waals surface area contributed by atoms with Gasteiger partial charge in [0, 0.05) is 18.2 Å². The molecule has 1 amide bonds. The van der Waals surface area contributed by atoms with Crippen LogP contribution in [0.5, 0.6) is 5.75 Å². The molecule has 0 saturated carbocycles. The SMILES string of the molecule is Nc1cc2c(cc1OCCC(F)(F)F)NC(=O)CC2. The number of nitrogen functional groups attached to an aromatic ring is 1. The molecule has 1 aromatic rings. The van der Waals surface area contributed by atoms with Crippen molar-refractivity contribution in [1.82, 2.24) is 0 Å². The lowest BCUT2D eigenvalue weighted by Gasteiger charge is -2.19. The highest BCUT2D eigenvalue weighted by Gasteiger charge is 2.27. The summed E-state index contributed by atoms with van der Waals surface area (Å²) in [4.78, 5) is 11.2. The molecule has 1 aromatic carbocycles. The van der Waals surface area contributed by atoms with Gasteiger partial charge in [0.05, 0.1) is 18.7 Å². The monoisotopic (exact) mass is 274 g/mol. The highest BCUT2D eigenvalue weighted by atomic mass is 19.4. The number of rotatable bonds is 3. The van der Waals surface area contributed by atoms with Gasteiger partial charge in [0.2, 0.25) is 5.91 Å². The summed E-state index contributed by atoms with van der Waals surface area (Å²) in [6, 6.07) is 3.09. The van der Waals surface area contributed by atoms with E-state index >= 15 is 0 Å². The molecule has 7 heteroatoms. The van der Waals surface area contributed by atoms with Crippen molar-refractivity contribution in [2.75, 3.05) is 17.7 Å². The van der Waals surface area contributed by atoms with E-state index in [1.165, 1.54) is 6.07 Å². The van der Waals surface area contributed by atoms with Crippen LogP contribution in [0.25, 0.3) is 0 Å². The minimum absolute atomic E-state index is 0.126. The zero-order valence-corrected chi connectivity index (χ0v) is 10.0. The van der Waals surface area contributed by atoms with E-state index in [0.717, 1.165) is 5.56 Å². The highest BCUT2D eigenvalue weighted by Crippen LogP contribution is 2.33. The fourth-order valence-electron chi connectivity index (χ4n) is 1.83. The molecule has 0 fully saturated rings. The van der Waals surface area contributed by atoms with Crippen LogP contribution in [0, 0.1) is 0 Å². The summed E-state index contributed by atoms with van der Waals surface area (Å²) in [5.41, 5.74) is 7.40. The molecule has 1 aliphatic heterocycles. The van der Waals surface area contributed by atoms with Crippen molar-refractivity contribution in [3.63, 3.8) is 0 Å². The molecule has 104 valence electrons. The molecule has 0 spiro atoms. The number of benzene rings is 1. The summed E-state index contributed by atoms with van der Waals surface area (Å²) in [5.74, 6) is 0.0312. The van der Waals surface area contributed by atoms with Crippen LogP contribution < -0.4 is 15.8 Å². The third kappa shape index (κ3) is 3.52. The van der Waals surface area contributed by atoms with Crippen LogP contribution in [-0.4, -0.2) is 18.7 Å². The predicted molar refractivity (Wildman–Crippen MR) is 64.0 cm³/mol. The van der Waals surface area contributed by atoms with Gasteiger partial charge in [-0.05, 0) is 18.1 Å². The van der Waals surface area contributed by atoms with Gasteiger partial charge in [-0.2, -0.15) is 13.2 Å². The number of hydrogen-bond acceptors (Lipinski definition) is 3. The molecule has 0 aliphatic carbocycles. The Morgan fingerprint density at radius 1 is 1.32 bits per heavy atom. The predicted octanol–water partition coefficient (Wildman–Crippen LogP) is 2.48. The first-order chi connectivity index (χ1) is 8.85. The van der Waals surface area contributed by atoms with Gasteiger partial charge in [-0.1, -0.05) is 0 Å². The van der Waals surface area contributed by atoms with Crippen LogP contribution in [0.1, 0.15) is 18.4 Å². The van der Waals surface area contributed by atoms with Crippen molar-refractivity contribution in [3.8, 4) is 5.75 Å². The summed E-state index contributed by atoms with van der Waals surface area (Å²) < 4.78 is 41.1. The molecular formula is C12H13F3N2O2. The normalized spacial score (nSPS) is 14.8. The molecule has 0 saturated heterocycles. The zero-order valence-electron chi connectivity index (χ0n) is 10.0. The van der Waals surface area contributed by atoms with Crippen molar-refractivity contribution in [3.05, 3.63) is 17.7 Å². The van der Waals surface area contributed by atoms with Gasteiger partial charge < -0.3 is 15.8 Å². The van der Waals surface area contributed by atoms with E-state index in [9.17, 15) is 18.0 Å². The Balaban J connectivity index is 2.09. The summed E-state index contributed by atoms with van der Waals surface area (Å²) in [5, 5.41) is 2.64. The van der Waals surface area contributed by atoms with E-state index in [1.54, 1.807) is 6.07 Å². The zero-order chi connectivity index (χ0) is 14.0. The number of fused-ring (bicyclic) bond motifs is 1. The number of nitrogens with one attached hydrogen (secondary N) is 1. The third-order valence-corrected chi connectivity index (χ3v) is 2.77. The van der Waals surface area contributed by atoms with E-state index in [2.05, 4.69) is 5.32 Å². The topological polar surface area (TPSA) is 64.3 Å². The molecule has 19 heavy (non-hydrogen) atoms. The second-order valence-corrected chi connectivity index (χ2v) is 4.31. The molecule has 0 atom stereocenters. The Kier molecular flexibility index (Phi) is 3.55. The fourth-order valence-corrected chi connectivity index (χ4v) is 1.83. The van der Waals surface area contributed by atoms with E-state index in [0.29, 0.717) is 18.5 Å². The van der Waals surface area contributed by atoms with E-state index < -0.39 is 19.2 Å². The Bertz CT molecular complexity index is 500. The molecule has 0 unspecified atom stereocenters. The number of halogens is 3. The number of hydrogen-bond donors (Lipinski definition) is 2. The number of ether oxygens (including phenoxy) is 1. The number of alkyl halides is 3. The summed E-state index contributed by atoms with van der Waals surface area (Å²) >= 11 is 0. The second kappa shape index (κ2) is 4.99. The number of carbonyl (C=O) groups excluding carboxylic acids is 1. The molecule has 1 aliphatic rings. The maximum atomic E-state index is 12.0. The van der Waals surface area contributed by atoms with Crippen molar-refractivity contribution in [2.45, 2.75) is 25.4 Å². The molecule has 3 N–H and O–H groups in total. The first-order valence-electron chi connectivity index (χ1n) is 5.77. The lowest BCUT2D eigenvalue weighted by Crippen LogP contribution is -2.19. The first kappa shape index (κ1) is 13.5. The lowest BCUT2D eigenvalue weighted by atomic mass is 10.0. The largest absolute Gasteiger partial charge is 0.491 e. The Morgan fingerprint density at radius 3 is 2.74 bits per heavy atom. The van der Waals surface area contributed by atoms with E-state index in [-0.39, 0.29) is 17.3 Å². The number of amides is 1. The van der Waals surface area contributed by atoms with Gasteiger partial charge in [-0.25, -0.2) is 0 Å². The van der Waals surface area contributed by atoms with Gasteiger partial charge in [0.1, 0.15) is 5.75 Å². The average molecular weight is 274 g/mol. The molecular weight excluding hydrogens is 261 g/mol. The number of aryl methyl sites for hydroxylation is 1. The van der Waals surface area contributed by atoms with Crippen molar-refractivity contribution >= 4 is 17.3 Å². The van der Waals surface area contributed by atoms with Gasteiger partial charge in [-0.3, -0.25) is 4.79 Å². The van der Waals surface area contributed by atoms with Crippen LogP contribution in [0.2, 0.25) is 0 Å². The minimum Gasteiger partial charge on any atom is -0.491 e. The van der Waals surface area contributed by atoms with Crippen LogP contribution in [0.4, 0.5) is 24.5 Å². The minimum atomic E-state index is -4.27. The number of anilines is 2. The number of nitrogens with two attached hydrogens (primary N) is 1. The lowest BCUT2D eigenvalue weighted by molar-refractivity contribution is -0.139. The fraction of sp³-hybridized carbons (Fsp3) is 0.417. The van der Waals surface area contributed by atoms with Crippen molar-refractivity contribution in [1.29, 1.82) is 0 Å². The van der Waals surface area contributed by atoms with Crippen molar-refractivity contribution < 1.29 is 22.7 Å². The standard InChI is InChI=1S/C12H13F3N2O2/c13-12(14,15)3-4-19-10-6-9-7(5-8(10)16)1-2-11(18)17-9/h5-6H,1-4,16H2,(H,17,18). The third-order valence-electron chi connectivity index (χ3n) is 2.77. The maximum Gasteiger partial charge on any atom is 0.392 e. The molecule has 0 aromatic heterocycles. The molecule has 1 heterocycles. The average Bonchev–Trinajstić information content (AvgIpc) is 2.29. The molecule has 0 radical (unpaired) electrons. The Morgan fingerprint density at radius 2 is 2.05 bits per heavy atom. The summed E-state index contributed by atoms with van der Waals surface area (Å²) in [7, 11) is 0. The van der Waals surface area contributed by atoms with Gasteiger partial charge in [0.15, 0.2) is 0 Å². The molecule has 2 rings (SSSR count). The molecule has 4 nitrogen and oxygen atoms in total. The van der Waals surface area contributed by atoms with Gasteiger partial charge in [-0.15, -0.1) is 0 Å². The van der Waals surface area contributed by atoms with E-state index in [1.807, 2.05) is 0 Å².